The molecule has 1 N–H and O–H groups in total. The summed E-state index contributed by atoms with van der Waals surface area (Å²) in [5, 5.41) is 3.61. The maximum absolute atomic E-state index is 6.56. The Morgan fingerprint density at radius 2 is 1.43 bits per heavy atom. The summed E-state index contributed by atoms with van der Waals surface area (Å²) in [4.78, 5) is 8.15. The molecule has 4 aromatic rings. The number of aromatic nitrogens is 1. The quantitative estimate of drug-likeness (QED) is 0.0718. The summed E-state index contributed by atoms with van der Waals surface area (Å²) in [7, 11) is 0. The van der Waals surface area contributed by atoms with Crippen molar-refractivity contribution in [2.24, 2.45) is 0 Å². The molecule has 0 fully saturated rings. The number of nitrogens with one attached hydrogen (secondary N) is 1. The number of thioether (sulfide) groups is 1. The second-order valence-corrected chi connectivity index (χ2v) is 13.4. The third kappa shape index (κ3) is 14.4. The fourth-order valence-electron chi connectivity index (χ4n) is 6.31. The van der Waals surface area contributed by atoms with E-state index in [0.29, 0.717) is 19.3 Å². The van der Waals surface area contributed by atoms with Crippen LogP contribution in [0.25, 0.3) is 0 Å². The van der Waals surface area contributed by atoms with E-state index in [0.717, 1.165) is 55.2 Å². The third-order valence-electron chi connectivity index (χ3n) is 8.74. The van der Waals surface area contributed by atoms with Crippen LogP contribution in [-0.2, 0) is 26.1 Å². The second-order valence-electron chi connectivity index (χ2n) is 12.2. The molecule has 5 rings (SSSR count). The number of rotatable bonds is 20. The summed E-state index contributed by atoms with van der Waals surface area (Å²) in [6.07, 6.45) is 13.3. The first-order chi connectivity index (χ1) is 22.8. The number of benzene rings is 3. The highest BCUT2D eigenvalue weighted by Crippen LogP contribution is 2.39. The van der Waals surface area contributed by atoms with Gasteiger partial charge in [-0.2, -0.15) is 0 Å². The Kier molecular flexibility index (Phi) is 21.5. The van der Waals surface area contributed by atoms with Gasteiger partial charge in [0.15, 0.2) is 11.5 Å². The van der Waals surface area contributed by atoms with Crippen molar-refractivity contribution in [2.75, 3.05) is 31.9 Å². The number of ether oxygens (including phenoxy) is 2. The van der Waals surface area contributed by atoms with Crippen molar-refractivity contribution < 1.29 is 9.47 Å². The molecule has 9 heteroatoms. The van der Waals surface area contributed by atoms with E-state index in [2.05, 4.69) is 101 Å². The minimum Gasteiger partial charge on any atom is -0.485 e. The normalized spacial score (nSPS) is 13.4. The van der Waals surface area contributed by atoms with Crippen molar-refractivity contribution in [1.82, 2.24) is 15.2 Å². The van der Waals surface area contributed by atoms with Gasteiger partial charge in [-0.05, 0) is 93.0 Å². The van der Waals surface area contributed by atoms with Crippen LogP contribution in [0.5, 0.6) is 11.5 Å². The van der Waals surface area contributed by atoms with E-state index in [9.17, 15) is 0 Å². The molecule has 49 heavy (non-hydrogen) atoms. The van der Waals surface area contributed by atoms with Crippen molar-refractivity contribution in [1.29, 1.82) is 0 Å². The molecule has 0 amide bonds. The van der Waals surface area contributed by atoms with E-state index in [1.807, 2.05) is 30.2 Å². The van der Waals surface area contributed by atoms with Crippen LogP contribution in [-0.4, -0.2) is 47.9 Å². The molecule has 1 aliphatic rings. The van der Waals surface area contributed by atoms with Gasteiger partial charge in [0.1, 0.15) is 13.2 Å². The van der Waals surface area contributed by atoms with Crippen molar-refractivity contribution in [3.63, 3.8) is 0 Å². The molecule has 0 unspecified atom stereocenters. The summed E-state index contributed by atoms with van der Waals surface area (Å²) < 4.78 is 12.9. The van der Waals surface area contributed by atoms with E-state index < -0.39 is 0 Å². The minimum atomic E-state index is 0. The lowest BCUT2D eigenvalue weighted by Gasteiger charge is -2.36. The average molecular weight is 747 g/mol. The maximum Gasteiger partial charge on any atom is 0.165 e. The molecule has 0 bridgehead atoms. The topological polar surface area (TPSA) is 46.6 Å². The zero-order chi connectivity index (χ0) is 31.7. The van der Waals surface area contributed by atoms with Gasteiger partial charge >= 0.3 is 0 Å². The van der Waals surface area contributed by atoms with Gasteiger partial charge in [-0.15, -0.1) is 49.0 Å². The molecule has 0 spiro atoms. The van der Waals surface area contributed by atoms with Gasteiger partial charge in [-0.25, -0.2) is 0 Å². The van der Waals surface area contributed by atoms with Crippen LogP contribution in [0.4, 0.5) is 0 Å². The molecule has 1 aliphatic carbocycles. The molecular formula is C40H54Cl3N3O2S. The Hall–Kier alpha value is -2.45. The van der Waals surface area contributed by atoms with Crippen LogP contribution in [0.15, 0.2) is 102 Å². The zero-order valence-electron chi connectivity index (χ0n) is 28.8. The van der Waals surface area contributed by atoms with E-state index in [-0.39, 0.29) is 37.2 Å². The highest BCUT2D eigenvalue weighted by Gasteiger charge is 2.27. The van der Waals surface area contributed by atoms with Gasteiger partial charge in [0.05, 0.1) is 0 Å². The molecule has 268 valence electrons. The molecule has 0 aliphatic heterocycles. The van der Waals surface area contributed by atoms with Gasteiger partial charge in [-0.1, -0.05) is 86.5 Å². The number of hydrogen-bond donors (Lipinski definition) is 1. The fraction of sp³-hybridized carbons (Fsp3) is 0.425. The molecule has 0 saturated carbocycles. The number of nitrogens with zero attached hydrogens (tertiary/aromatic N) is 2. The summed E-state index contributed by atoms with van der Waals surface area (Å²) in [5.41, 5.74) is 5.09. The smallest absolute Gasteiger partial charge is 0.165 e. The minimum absolute atomic E-state index is 0. The van der Waals surface area contributed by atoms with Gasteiger partial charge in [-0.3, -0.25) is 4.98 Å². The van der Waals surface area contributed by atoms with Gasteiger partial charge in [0.25, 0.3) is 0 Å². The molecule has 0 saturated heterocycles. The predicted octanol–water partition coefficient (Wildman–Crippen LogP) is 10.0. The predicted molar refractivity (Wildman–Crippen MR) is 214 cm³/mol. The Bertz CT molecular complexity index is 1420. The molecule has 3 aromatic carbocycles. The molecule has 1 heterocycles. The van der Waals surface area contributed by atoms with E-state index in [4.69, 9.17) is 9.47 Å². The maximum atomic E-state index is 6.56. The number of hydrogen-bond acceptors (Lipinski definition) is 6. The first-order valence-electron chi connectivity index (χ1n) is 17.3. The summed E-state index contributed by atoms with van der Waals surface area (Å²) in [6, 6.07) is 30.0. The van der Waals surface area contributed by atoms with Crippen LogP contribution in [0.3, 0.4) is 0 Å². The van der Waals surface area contributed by atoms with E-state index in [1.54, 1.807) is 0 Å². The van der Waals surface area contributed by atoms with Crippen LogP contribution in [0.1, 0.15) is 67.7 Å². The first-order valence-corrected chi connectivity index (χ1v) is 18.2. The zero-order valence-corrected chi connectivity index (χ0v) is 32.0. The monoisotopic (exact) mass is 745 g/mol. The van der Waals surface area contributed by atoms with Crippen LogP contribution < -0.4 is 14.8 Å². The van der Waals surface area contributed by atoms with Crippen molar-refractivity contribution in [3.05, 3.63) is 120 Å². The SMILES string of the molecule is CCCN(CCCCCCNCCSc1ccncc1)[C@H]1CCc2c(ccc(OCc3ccccc3)c2OCc2ccccc2)C1.Cl.Cl.Cl. The van der Waals surface area contributed by atoms with Crippen molar-refractivity contribution in [2.45, 2.75) is 82.4 Å². The van der Waals surface area contributed by atoms with Crippen molar-refractivity contribution in [3.8, 4) is 11.5 Å². The molecule has 1 aromatic heterocycles. The highest BCUT2D eigenvalue weighted by atomic mass is 35.5. The number of pyridine rings is 1. The van der Waals surface area contributed by atoms with Crippen LogP contribution in [0.2, 0.25) is 0 Å². The van der Waals surface area contributed by atoms with Crippen molar-refractivity contribution >= 4 is 49.0 Å². The molecule has 5 nitrogen and oxygen atoms in total. The van der Waals surface area contributed by atoms with Gasteiger partial charge < -0.3 is 19.7 Å². The number of fused-ring (bicyclic) bond motifs is 1. The Morgan fingerprint density at radius 1 is 0.755 bits per heavy atom. The number of halogens is 3. The molecule has 1 atom stereocenters. The van der Waals surface area contributed by atoms with Crippen LogP contribution in [0, 0.1) is 0 Å². The lowest BCUT2D eigenvalue weighted by molar-refractivity contribution is 0.174. The summed E-state index contributed by atoms with van der Waals surface area (Å²) >= 11 is 1.89. The van der Waals surface area contributed by atoms with Gasteiger partial charge in [0.2, 0.25) is 0 Å². The first kappa shape index (κ1) is 42.7. The summed E-state index contributed by atoms with van der Waals surface area (Å²) in [6.45, 7) is 7.93. The Balaban J connectivity index is 0.00000278. The van der Waals surface area contributed by atoms with Gasteiger partial charge in [0, 0.05) is 41.2 Å². The third-order valence-corrected chi connectivity index (χ3v) is 9.75. The average Bonchev–Trinajstić information content (AvgIpc) is 3.11. The van der Waals surface area contributed by atoms with Crippen LogP contribution >= 0.6 is 49.0 Å². The fourth-order valence-corrected chi connectivity index (χ4v) is 7.11. The molecular weight excluding hydrogens is 693 g/mol. The highest BCUT2D eigenvalue weighted by molar-refractivity contribution is 7.99. The lowest BCUT2D eigenvalue weighted by atomic mass is 9.86. The lowest BCUT2D eigenvalue weighted by Crippen LogP contribution is -2.40. The number of unbranched alkanes of at least 4 members (excludes halogenated alkanes) is 3. The Labute approximate surface area is 317 Å². The van der Waals surface area contributed by atoms with E-state index >= 15 is 0 Å². The Morgan fingerprint density at radius 3 is 2.12 bits per heavy atom. The standard InChI is InChI=1S/C40H51N3O2S.3ClH/c1-2-27-43(28-12-4-3-11-23-41-26-29-46-37-21-24-42-25-22-37)36-18-19-38-35(30-36)17-20-39(44-31-33-13-7-5-8-14-33)40(38)45-32-34-15-9-6-10-16-34;;;/h5-10,13-17,20-22,24-25,36,41H,2-4,11-12,18-19,23,26-32H2,1H3;3*1H/t36-;;;/m0.../s1. The molecule has 0 radical (unpaired) electrons. The second kappa shape index (κ2) is 24.7. The summed E-state index contributed by atoms with van der Waals surface area (Å²) in [5.74, 6) is 2.88. The van der Waals surface area contributed by atoms with E-state index in [1.165, 1.54) is 66.8 Å². The largest absolute Gasteiger partial charge is 0.485 e.